The van der Waals surface area contributed by atoms with Crippen molar-refractivity contribution in [2.45, 2.75) is 30.2 Å². The van der Waals surface area contributed by atoms with E-state index in [1.54, 1.807) is 0 Å². The molecule has 1 aromatic carbocycles. The van der Waals surface area contributed by atoms with E-state index in [-0.39, 0.29) is 11.3 Å². The van der Waals surface area contributed by atoms with E-state index in [1.807, 2.05) is 6.92 Å². The predicted molar refractivity (Wildman–Crippen MR) is 68.2 cm³/mol. The molecular formula is C13H15BrF2O2. The number of hydrogen-bond acceptors (Lipinski definition) is 2. The topological polar surface area (TPSA) is 18.5 Å². The summed E-state index contributed by atoms with van der Waals surface area (Å²) < 4.78 is 38.4. The molecular weight excluding hydrogens is 306 g/mol. The van der Waals surface area contributed by atoms with E-state index in [4.69, 9.17) is 9.47 Å². The van der Waals surface area contributed by atoms with Gasteiger partial charge in [0.25, 0.3) is 0 Å². The zero-order valence-electron chi connectivity index (χ0n) is 10.3. The first-order valence-electron chi connectivity index (χ1n) is 5.79. The molecule has 0 aromatic heterocycles. The first-order chi connectivity index (χ1) is 8.48. The van der Waals surface area contributed by atoms with Crippen molar-refractivity contribution in [3.63, 3.8) is 0 Å². The van der Waals surface area contributed by atoms with E-state index < -0.39 is 22.1 Å². The van der Waals surface area contributed by atoms with Gasteiger partial charge in [-0.1, -0.05) is 15.9 Å². The SMILES string of the molecule is COc1cc(F)c(C(Br)C2(C)CCCO2)c(F)c1. The van der Waals surface area contributed by atoms with Gasteiger partial charge in [-0.05, 0) is 19.8 Å². The highest BCUT2D eigenvalue weighted by atomic mass is 79.9. The monoisotopic (exact) mass is 320 g/mol. The highest BCUT2D eigenvalue weighted by molar-refractivity contribution is 9.09. The minimum Gasteiger partial charge on any atom is -0.497 e. The molecule has 1 saturated heterocycles. The summed E-state index contributed by atoms with van der Waals surface area (Å²) in [4.78, 5) is -0.515. The first kappa shape index (κ1) is 13.7. The zero-order valence-corrected chi connectivity index (χ0v) is 11.9. The summed E-state index contributed by atoms with van der Waals surface area (Å²) in [5.41, 5.74) is -0.573. The van der Waals surface area contributed by atoms with Gasteiger partial charge in [-0.3, -0.25) is 0 Å². The van der Waals surface area contributed by atoms with Crippen LogP contribution in [0.3, 0.4) is 0 Å². The lowest BCUT2D eigenvalue weighted by Gasteiger charge is -2.30. The summed E-state index contributed by atoms with van der Waals surface area (Å²) >= 11 is 3.37. The Kier molecular flexibility index (Phi) is 3.92. The number of benzene rings is 1. The standard InChI is InChI=1S/C13H15BrF2O2/c1-13(4-3-5-18-13)12(14)11-9(15)6-8(17-2)7-10(11)16/h6-7,12H,3-5H2,1-2H3. The molecule has 18 heavy (non-hydrogen) atoms. The quantitative estimate of drug-likeness (QED) is 0.784. The largest absolute Gasteiger partial charge is 0.497 e. The Hall–Kier alpha value is -0.680. The van der Waals surface area contributed by atoms with Gasteiger partial charge < -0.3 is 9.47 Å². The number of halogens is 3. The fourth-order valence-corrected chi connectivity index (χ4v) is 3.03. The molecule has 2 rings (SSSR count). The second-order valence-corrected chi connectivity index (χ2v) is 5.55. The Labute approximate surface area is 113 Å². The minimum atomic E-state index is -0.620. The van der Waals surface area contributed by atoms with Crippen LogP contribution < -0.4 is 4.74 Å². The third-order valence-corrected chi connectivity index (χ3v) is 4.75. The van der Waals surface area contributed by atoms with Crippen LogP contribution >= 0.6 is 15.9 Å². The van der Waals surface area contributed by atoms with E-state index >= 15 is 0 Å². The molecule has 2 nitrogen and oxygen atoms in total. The molecule has 1 aliphatic heterocycles. The van der Waals surface area contributed by atoms with Crippen molar-refractivity contribution in [3.05, 3.63) is 29.3 Å². The number of alkyl halides is 1. The van der Waals surface area contributed by atoms with Crippen LogP contribution in [0.15, 0.2) is 12.1 Å². The fourth-order valence-electron chi connectivity index (χ4n) is 2.23. The van der Waals surface area contributed by atoms with Gasteiger partial charge in [0, 0.05) is 24.3 Å². The number of rotatable bonds is 3. The van der Waals surface area contributed by atoms with E-state index in [0.717, 1.165) is 12.8 Å². The maximum Gasteiger partial charge on any atom is 0.134 e. The van der Waals surface area contributed by atoms with E-state index in [9.17, 15) is 8.78 Å². The molecule has 0 bridgehead atoms. The molecule has 1 heterocycles. The molecule has 2 unspecified atom stereocenters. The average molecular weight is 321 g/mol. The molecule has 5 heteroatoms. The summed E-state index contributed by atoms with van der Waals surface area (Å²) in [6.45, 7) is 2.49. The Balaban J connectivity index is 2.38. The van der Waals surface area contributed by atoms with Crippen molar-refractivity contribution in [2.75, 3.05) is 13.7 Å². The lowest BCUT2D eigenvalue weighted by Crippen LogP contribution is -2.29. The van der Waals surface area contributed by atoms with Crippen LogP contribution in [0.1, 0.15) is 30.2 Å². The second-order valence-electron chi connectivity index (χ2n) is 4.63. The Bertz CT molecular complexity index is 422. The molecule has 1 aliphatic rings. The summed E-state index contributed by atoms with van der Waals surface area (Å²) in [5.74, 6) is -1.07. The van der Waals surface area contributed by atoms with Crippen LogP contribution in [0.5, 0.6) is 5.75 Å². The third kappa shape index (κ3) is 2.38. The number of ether oxygens (including phenoxy) is 2. The molecule has 0 N–H and O–H groups in total. The van der Waals surface area contributed by atoms with Crippen molar-refractivity contribution >= 4 is 15.9 Å². The zero-order chi connectivity index (χ0) is 13.3. The Morgan fingerprint density at radius 3 is 2.44 bits per heavy atom. The summed E-state index contributed by atoms with van der Waals surface area (Å²) in [6.07, 6.45) is 1.67. The maximum absolute atomic E-state index is 14.0. The molecule has 0 aliphatic carbocycles. The molecule has 0 spiro atoms. The minimum absolute atomic E-state index is 0.000185. The lowest BCUT2D eigenvalue weighted by atomic mass is 9.92. The summed E-state index contributed by atoms with van der Waals surface area (Å²) in [6, 6.07) is 2.37. The van der Waals surface area contributed by atoms with Crippen LogP contribution in [-0.2, 0) is 4.74 Å². The molecule has 0 amide bonds. The third-order valence-electron chi connectivity index (χ3n) is 3.33. The van der Waals surface area contributed by atoms with Gasteiger partial charge >= 0.3 is 0 Å². The first-order valence-corrected chi connectivity index (χ1v) is 6.70. The molecule has 1 aromatic rings. The van der Waals surface area contributed by atoms with Gasteiger partial charge in [-0.2, -0.15) is 0 Å². The highest BCUT2D eigenvalue weighted by Gasteiger charge is 2.40. The number of methoxy groups -OCH3 is 1. The summed E-state index contributed by atoms with van der Waals surface area (Å²) in [7, 11) is 1.38. The van der Waals surface area contributed by atoms with Gasteiger partial charge in [-0.15, -0.1) is 0 Å². The molecule has 2 atom stereocenters. The van der Waals surface area contributed by atoms with Crippen LogP contribution in [-0.4, -0.2) is 19.3 Å². The van der Waals surface area contributed by atoms with Crippen LogP contribution in [0.2, 0.25) is 0 Å². The van der Waals surface area contributed by atoms with Crippen molar-refractivity contribution in [2.24, 2.45) is 0 Å². The van der Waals surface area contributed by atoms with Gasteiger partial charge in [0.05, 0.1) is 17.5 Å². The van der Waals surface area contributed by atoms with E-state index in [1.165, 1.54) is 19.2 Å². The van der Waals surface area contributed by atoms with Gasteiger partial charge in [0.2, 0.25) is 0 Å². The van der Waals surface area contributed by atoms with Crippen LogP contribution in [0.25, 0.3) is 0 Å². The molecule has 100 valence electrons. The van der Waals surface area contributed by atoms with Crippen LogP contribution in [0, 0.1) is 11.6 Å². The van der Waals surface area contributed by atoms with Crippen molar-refractivity contribution in [3.8, 4) is 5.75 Å². The highest BCUT2D eigenvalue weighted by Crippen LogP contribution is 2.45. The van der Waals surface area contributed by atoms with Crippen molar-refractivity contribution < 1.29 is 18.3 Å². The average Bonchev–Trinajstić information content (AvgIpc) is 2.76. The Morgan fingerprint density at radius 1 is 1.39 bits per heavy atom. The smallest absolute Gasteiger partial charge is 0.134 e. The van der Waals surface area contributed by atoms with Gasteiger partial charge in [0.1, 0.15) is 17.4 Å². The predicted octanol–water partition coefficient (Wildman–Crippen LogP) is 3.98. The summed E-state index contributed by atoms with van der Waals surface area (Å²) in [5, 5.41) is 0. The van der Waals surface area contributed by atoms with Crippen LogP contribution in [0.4, 0.5) is 8.78 Å². The second kappa shape index (κ2) is 5.13. The van der Waals surface area contributed by atoms with Gasteiger partial charge in [0.15, 0.2) is 0 Å². The fraction of sp³-hybridized carbons (Fsp3) is 0.538. The molecule has 1 fully saturated rings. The van der Waals surface area contributed by atoms with Crippen molar-refractivity contribution in [1.29, 1.82) is 0 Å². The Morgan fingerprint density at radius 2 is 2.00 bits per heavy atom. The number of hydrogen-bond donors (Lipinski definition) is 0. The van der Waals surface area contributed by atoms with Gasteiger partial charge in [-0.25, -0.2) is 8.78 Å². The molecule has 0 radical (unpaired) electrons. The maximum atomic E-state index is 14.0. The molecule has 0 saturated carbocycles. The van der Waals surface area contributed by atoms with Crippen molar-refractivity contribution in [1.82, 2.24) is 0 Å². The van der Waals surface area contributed by atoms with E-state index in [0.29, 0.717) is 6.61 Å². The normalized spacial score (nSPS) is 25.2. The lowest BCUT2D eigenvalue weighted by molar-refractivity contribution is 0.0184. The van der Waals surface area contributed by atoms with E-state index in [2.05, 4.69) is 15.9 Å².